The fraction of sp³-hybridized carbons (Fsp3) is 0.192. The Hall–Kier alpha value is -4.13. The van der Waals surface area contributed by atoms with Gasteiger partial charge in [-0.1, -0.05) is 60.7 Å². The Morgan fingerprint density at radius 1 is 0.818 bits per heavy atom. The molecule has 0 aliphatic rings. The highest BCUT2D eigenvalue weighted by molar-refractivity contribution is 5.96. The summed E-state index contributed by atoms with van der Waals surface area (Å²) in [5.41, 5.74) is 2.34. The monoisotopic (exact) mass is 446 g/mol. The molecule has 2 amide bonds. The van der Waals surface area contributed by atoms with Gasteiger partial charge >= 0.3 is 5.97 Å². The van der Waals surface area contributed by atoms with Gasteiger partial charge in [0.25, 0.3) is 5.91 Å². The van der Waals surface area contributed by atoms with E-state index in [1.54, 1.807) is 30.3 Å². The Labute approximate surface area is 192 Å². The lowest BCUT2D eigenvalue weighted by Crippen LogP contribution is -2.47. The molecule has 0 unspecified atom stereocenters. The molecule has 0 fully saturated rings. The van der Waals surface area contributed by atoms with E-state index in [0.29, 0.717) is 17.9 Å². The second-order valence-electron chi connectivity index (χ2n) is 7.31. The molecule has 0 spiro atoms. The summed E-state index contributed by atoms with van der Waals surface area (Å²) < 4.78 is 10.6. The van der Waals surface area contributed by atoms with Crippen LogP contribution in [0.5, 0.6) is 5.75 Å². The summed E-state index contributed by atoms with van der Waals surface area (Å²) in [5.74, 6) is -0.726. The molecular weight excluding hydrogens is 420 g/mol. The smallest absolute Gasteiger partial charge is 0.328 e. The second-order valence-corrected chi connectivity index (χ2v) is 7.31. The summed E-state index contributed by atoms with van der Waals surface area (Å²) >= 11 is 0. The first-order chi connectivity index (χ1) is 16.0. The van der Waals surface area contributed by atoms with Crippen molar-refractivity contribution in [2.24, 2.45) is 0 Å². The van der Waals surface area contributed by atoms with Crippen LogP contribution in [0, 0.1) is 0 Å². The molecule has 3 aromatic rings. The Morgan fingerprint density at radius 3 is 2.09 bits per heavy atom. The van der Waals surface area contributed by atoms with E-state index in [4.69, 9.17) is 9.47 Å². The molecule has 0 bridgehead atoms. The zero-order valence-electron chi connectivity index (χ0n) is 18.3. The lowest BCUT2D eigenvalue weighted by Gasteiger charge is -2.17. The minimum atomic E-state index is -0.882. The number of carbonyl (C=O) groups is 3. The van der Waals surface area contributed by atoms with Gasteiger partial charge in [0.1, 0.15) is 18.4 Å². The summed E-state index contributed by atoms with van der Waals surface area (Å²) in [6.07, 6.45) is 0.240. The molecule has 0 heterocycles. The van der Waals surface area contributed by atoms with Crippen LogP contribution in [0.1, 0.15) is 21.5 Å². The highest BCUT2D eigenvalue weighted by Gasteiger charge is 2.22. The van der Waals surface area contributed by atoms with Gasteiger partial charge in [0.15, 0.2) is 0 Å². The fourth-order valence-electron chi connectivity index (χ4n) is 3.13. The summed E-state index contributed by atoms with van der Waals surface area (Å²) in [6.45, 7) is 0.198. The molecule has 0 saturated heterocycles. The van der Waals surface area contributed by atoms with E-state index in [2.05, 4.69) is 10.6 Å². The van der Waals surface area contributed by atoms with Gasteiger partial charge < -0.3 is 20.1 Å². The SMILES string of the molecule is COC(=O)[C@H](Cc1ccc(OCc2ccccc2)cc1)NC(=O)CNC(=O)c1ccccc1. The molecule has 33 heavy (non-hydrogen) atoms. The molecule has 1 atom stereocenters. The Bertz CT molecular complexity index is 1050. The van der Waals surface area contributed by atoms with Crippen molar-refractivity contribution in [1.29, 1.82) is 0 Å². The van der Waals surface area contributed by atoms with Crippen molar-refractivity contribution >= 4 is 17.8 Å². The Balaban J connectivity index is 1.52. The first-order valence-corrected chi connectivity index (χ1v) is 10.5. The fourth-order valence-corrected chi connectivity index (χ4v) is 3.13. The minimum absolute atomic E-state index is 0.240. The second kappa shape index (κ2) is 12.0. The summed E-state index contributed by atoms with van der Waals surface area (Å²) in [7, 11) is 1.26. The molecule has 7 heteroatoms. The van der Waals surface area contributed by atoms with Gasteiger partial charge in [-0.3, -0.25) is 9.59 Å². The van der Waals surface area contributed by atoms with Crippen LogP contribution >= 0.6 is 0 Å². The highest BCUT2D eigenvalue weighted by atomic mass is 16.5. The van der Waals surface area contributed by atoms with Gasteiger partial charge in [0.2, 0.25) is 5.91 Å². The van der Waals surface area contributed by atoms with Crippen LogP contribution in [0.2, 0.25) is 0 Å². The zero-order chi connectivity index (χ0) is 23.5. The van der Waals surface area contributed by atoms with Crippen LogP contribution in [0.15, 0.2) is 84.9 Å². The molecule has 0 aromatic heterocycles. The van der Waals surface area contributed by atoms with Crippen LogP contribution in [-0.4, -0.2) is 37.5 Å². The number of nitrogens with one attached hydrogen (secondary N) is 2. The van der Waals surface area contributed by atoms with Crippen LogP contribution in [0.4, 0.5) is 0 Å². The Morgan fingerprint density at radius 2 is 1.45 bits per heavy atom. The quantitative estimate of drug-likeness (QED) is 0.467. The number of methoxy groups -OCH3 is 1. The van der Waals surface area contributed by atoms with Gasteiger partial charge in [0, 0.05) is 12.0 Å². The van der Waals surface area contributed by atoms with Crippen molar-refractivity contribution < 1.29 is 23.9 Å². The van der Waals surface area contributed by atoms with Crippen LogP contribution in [-0.2, 0) is 27.4 Å². The van der Waals surface area contributed by atoms with Gasteiger partial charge in [-0.15, -0.1) is 0 Å². The van der Waals surface area contributed by atoms with E-state index in [-0.39, 0.29) is 18.9 Å². The number of benzene rings is 3. The summed E-state index contributed by atoms with van der Waals surface area (Å²) in [5, 5.41) is 5.17. The third kappa shape index (κ3) is 7.50. The van der Waals surface area contributed by atoms with Gasteiger partial charge in [0.05, 0.1) is 13.7 Å². The molecule has 170 valence electrons. The topological polar surface area (TPSA) is 93.7 Å². The Kier molecular flexibility index (Phi) is 8.59. The average Bonchev–Trinajstić information content (AvgIpc) is 2.87. The van der Waals surface area contributed by atoms with E-state index in [0.717, 1.165) is 11.1 Å². The van der Waals surface area contributed by atoms with E-state index < -0.39 is 17.9 Å². The lowest BCUT2D eigenvalue weighted by molar-refractivity contribution is -0.144. The van der Waals surface area contributed by atoms with E-state index in [1.165, 1.54) is 7.11 Å². The maximum Gasteiger partial charge on any atom is 0.328 e. The van der Waals surface area contributed by atoms with E-state index in [1.807, 2.05) is 54.6 Å². The zero-order valence-corrected chi connectivity index (χ0v) is 18.3. The van der Waals surface area contributed by atoms with Crippen LogP contribution in [0.25, 0.3) is 0 Å². The van der Waals surface area contributed by atoms with Gasteiger partial charge in [-0.2, -0.15) is 0 Å². The summed E-state index contributed by atoms with van der Waals surface area (Å²) in [6, 6.07) is 24.8. The number of rotatable bonds is 10. The highest BCUT2D eigenvalue weighted by Crippen LogP contribution is 2.15. The molecule has 0 aliphatic carbocycles. The molecule has 0 saturated carbocycles. The number of carbonyl (C=O) groups excluding carboxylic acids is 3. The van der Waals surface area contributed by atoms with Crippen LogP contribution in [0.3, 0.4) is 0 Å². The number of amides is 2. The largest absolute Gasteiger partial charge is 0.489 e. The predicted molar refractivity (Wildman–Crippen MR) is 124 cm³/mol. The van der Waals surface area contributed by atoms with E-state index in [9.17, 15) is 14.4 Å². The van der Waals surface area contributed by atoms with Gasteiger partial charge in [-0.05, 0) is 35.4 Å². The third-order valence-electron chi connectivity index (χ3n) is 4.88. The molecule has 0 radical (unpaired) electrons. The van der Waals surface area contributed by atoms with Gasteiger partial charge in [-0.25, -0.2) is 4.79 Å². The van der Waals surface area contributed by atoms with Crippen molar-refractivity contribution in [1.82, 2.24) is 10.6 Å². The lowest BCUT2D eigenvalue weighted by atomic mass is 10.1. The molecule has 0 aliphatic heterocycles. The van der Waals surface area contributed by atoms with E-state index >= 15 is 0 Å². The summed E-state index contributed by atoms with van der Waals surface area (Å²) in [4.78, 5) is 36.6. The standard InChI is InChI=1S/C26H26N2O5/c1-32-26(31)23(28-24(29)17-27-25(30)21-10-6-3-7-11-21)16-19-12-14-22(15-13-19)33-18-20-8-4-2-5-9-20/h2-15,23H,16-18H2,1H3,(H,27,30)(H,28,29)/t23-/m0/s1. The number of hydrogen-bond donors (Lipinski definition) is 2. The maximum atomic E-state index is 12.3. The molecular formula is C26H26N2O5. The van der Waals surface area contributed by atoms with Crippen molar-refractivity contribution in [2.75, 3.05) is 13.7 Å². The first-order valence-electron chi connectivity index (χ1n) is 10.5. The normalized spacial score (nSPS) is 11.2. The first kappa shape index (κ1) is 23.5. The molecule has 7 nitrogen and oxygen atoms in total. The van der Waals surface area contributed by atoms with Crippen molar-refractivity contribution in [3.63, 3.8) is 0 Å². The number of ether oxygens (including phenoxy) is 2. The van der Waals surface area contributed by atoms with Crippen molar-refractivity contribution in [3.8, 4) is 5.75 Å². The van der Waals surface area contributed by atoms with Crippen molar-refractivity contribution in [2.45, 2.75) is 19.1 Å². The minimum Gasteiger partial charge on any atom is -0.489 e. The number of hydrogen-bond acceptors (Lipinski definition) is 5. The third-order valence-corrected chi connectivity index (χ3v) is 4.88. The van der Waals surface area contributed by atoms with Crippen LogP contribution < -0.4 is 15.4 Å². The number of esters is 1. The molecule has 3 rings (SSSR count). The molecule has 3 aromatic carbocycles. The predicted octanol–water partition coefficient (Wildman–Crippen LogP) is 2.90. The maximum absolute atomic E-state index is 12.3. The average molecular weight is 447 g/mol. The van der Waals surface area contributed by atoms with Crippen molar-refractivity contribution in [3.05, 3.63) is 102 Å². The molecule has 2 N–H and O–H groups in total.